The maximum Gasteiger partial charge on any atom is 0.311 e. The highest BCUT2D eigenvalue weighted by atomic mass is 32.1. The number of hydrogen-bond acceptors (Lipinski definition) is 5. The number of nitrogens with zero attached hydrogens (tertiary/aromatic N) is 2. The maximum atomic E-state index is 12.8. The molecule has 1 amide bonds. The van der Waals surface area contributed by atoms with Gasteiger partial charge in [-0.3, -0.25) is 14.9 Å². The predicted molar refractivity (Wildman–Crippen MR) is 93.5 cm³/mol. The van der Waals surface area contributed by atoms with Gasteiger partial charge in [0.15, 0.2) is 5.75 Å². The van der Waals surface area contributed by atoms with Crippen LogP contribution in [0.3, 0.4) is 0 Å². The number of benzene rings is 1. The van der Waals surface area contributed by atoms with Gasteiger partial charge in [0.1, 0.15) is 0 Å². The second-order valence-corrected chi connectivity index (χ2v) is 6.97. The summed E-state index contributed by atoms with van der Waals surface area (Å²) in [6.45, 7) is 4.06. The van der Waals surface area contributed by atoms with E-state index in [1.165, 1.54) is 24.5 Å². The van der Waals surface area contributed by atoms with Crippen molar-refractivity contribution in [1.82, 2.24) is 4.90 Å². The molecule has 1 aromatic heterocycles. The zero-order chi connectivity index (χ0) is 17.9. The lowest BCUT2D eigenvalue weighted by molar-refractivity contribution is -0.385. The Hall–Kier alpha value is -2.41. The summed E-state index contributed by atoms with van der Waals surface area (Å²) >= 11 is 1.54. The van der Waals surface area contributed by atoms with E-state index in [4.69, 9.17) is 4.74 Å². The zero-order valence-corrected chi connectivity index (χ0v) is 14.9. The number of likely N-dealkylation sites (N-methyl/N-ethyl adjacent to an activating group) is 1. The summed E-state index contributed by atoms with van der Waals surface area (Å²) in [4.78, 5) is 26.0. The fourth-order valence-electron chi connectivity index (χ4n) is 2.54. The SMILES string of the molecule is COc1ccc(CN(C)C(=O)C(C)(C)c2cccs2)cc1[N+](=O)[O-]. The first-order chi connectivity index (χ1) is 11.3. The molecule has 0 fully saturated rings. The van der Waals surface area contributed by atoms with E-state index in [-0.39, 0.29) is 17.3 Å². The van der Waals surface area contributed by atoms with Crippen LogP contribution in [0, 0.1) is 10.1 Å². The first kappa shape index (κ1) is 17.9. The number of rotatable bonds is 6. The van der Waals surface area contributed by atoms with E-state index < -0.39 is 10.3 Å². The molecule has 0 bridgehead atoms. The lowest BCUT2D eigenvalue weighted by Crippen LogP contribution is -2.40. The molecule has 0 unspecified atom stereocenters. The summed E-state index contributed by atoms with van der Waals surface area (Å²) in [6.07, 6.45) is 0. The third kappa shape index (κ3) is 3.56. The molecule has 24 heavy (non-hydrogen) atoms. The van der Waals surface area contributed by atoms with Crippen molar-refractivity contribution >= 4 is 22.9 Å². The van der Waals surface area contributed by atoms with E-state index in [1.54, 1.807) is 24.1 Å². The van der Waals surface area contributed by atoms with Crippen molar-refractivity contribution < 1.29 is 14.5 Å². The van der Waals surface area contributed by atoms with Crippen LogP contribution in [0.2, 0.25) is 0 Å². The first-order valence-corrected chi connectivity index (χ1v) is 8.26. The summed E-state index contributed by atoms with van der Waals surface area (Å²) in [5, 5.41) is 13.1. The Labute approximate surface area is 144 Å². The van der Waals surface area contributed by atoms with Gasteiger partial charge in [-0.25, -0.2) is 0 Å². The van der Waals surface area contributed by atoms with Crippen molar-refractivity contribution in [2.24, 2.45) is 0 Å². The van der Waals surface area contributed by atoms with Crippen LogP contribution in [0.1, 0.15) is 24.3 Å². The van der Waals surface area contributed by atoms with Crippen LogP contribution in [0.5, 0.6) is 5.75 Å². The topological polar surface area (TPSA) is 72.7 Å². The number of ether oxygens (including phenoxy) is 1. The number of amides is 1. The van der Waals surface area contributed by atoms with Gasteiger partial charge in [-0.2, -0.15) is 0 Å². The van der Waals surface area contributed by atoms with Crippen LogP contribution in [0.25, 0.3) is 0 Å². The van der Waals surface area contributed by atoms with Gasteiger partial charge in [-0.05, 0) is 36.9 Å². The van der Waals surface area contributed by atoms with E-state index in [9.17, 15) is 14.9 Å². The van der Waals surface area contributed by atoms with E-state index in [2.05, 4.69) is 0 Å². The minimum Gasteiger partial charge on any atom is -0.490 e. The van der Waals surface area contributed by atoms with Gasteiger partial charge in [0.2, 0.25) is 5.91 Å². The fraction of sp³-hybridized carbons (Fsp3) is 0.353. The number of nitro benzene ring substituents is 1. The minimum absolute atomic E-state index is 0.0385. The van der Waals surface area contributed by atoms with Gasteiger partial charge in [-0.15, -0.1) is 11.3 Å². The smallest absolute Gasteiger partial charge is 0.311 e. The first-order valence-electron chi connectivity index (χ1n) is 7.38. The van der Waals surface area contributed by atoms with E-state index in [0.29, 0.717) is 12.1 Å². The highest BCUT2D eigenvalue weighted by Gasteiger charge is 2.33. The molecule has 0 aliphatic heterocycles. The maximum absolute atomic E-state index is 12.8. The van der Waals surface area contributed by atoms with Gasteiger partial charge >= 0.3 is 5.69 Å². The Morgan fingerprint density at radius 3 is 2.62 bits per heavy atom. The van der Waals surface area contributed by atoms with E-state index in [0.717, 1.165) is 4.88 Å². The van der Waals surface area contributed by atoms with Crippen LogP contribution < -0.4 is 4.74 Å². The second kappa shape index (κ2) is 7.00. The molecule has 6 nitrogen and oxygen atoms in total. The molecule has 1 heterocycles. The number of methoxy groups -OCH3 is 1. The molecule has 0 aliphatic carbocycles. The van der Waals surface area contributed by atoms with Crippen molar-refractivity contribution in [2.45, 2.75) is 25.8 Å². The number of carbonyl (C=O) groups is 1. The molecule has 2 rings (SSSR count). The highest BCUT2D eigenvalue weighted by molar-refractivity contribution is 7.10. The molecule has 0 radical (unpaired) electrons. The summed E-state index contributed by atoms with van der Waals surface area (Å²) in [6, 6.07) is 8.58. The average molecular weight is 348 g/mol. The largest absolute Gasteiger partial charge is 0.490 e. The number of carbonyl (C=O) groups excluding carboxylic acids is 1. The zero-order valence-electron chi connectivity index (χ0n) is 14.1. The molecule has 0 aliphatic rings. The van der Waals surface area contributed by atoms with Crippen molar-refractivity contribution in [3.05, 3.63) is 56.3 Å². The van der Waals surface area contributed by atoms with Gasteiger partial charge in [0, 0.05) is 24.5 Å². The minimum atomic E-state index is -0.638. The van der Waals surface area contributed by atoms with Gasteiger partial charge < -0.3 is 9.64 Å². The Balaban J connectivity index is 2.20. The Bertz CT molecular complexity index is 741. The number of hydrogen-bond donors (Lipinski definition) is 0. The van der Waals surface area contributed by atoms with Crippen molar-refractivity contribution in [3.63, 3.8) is 0 Å². The molecule has 7 heteroatoms. The van der Waals surface area contributed by atoms with Crippen molar-refractivity contribution in [3.8, 4) is 5.75 Å². The average Bonchev–Trinajstić information content (AvgIpc) is 3.09. The molecular weight excluding hydrogens is 328 g/mol. The number of thiophene rings is 1. The Kier molecular flexibility index (Phi) is 5.23. The number of nitro groups is 1. The highest BCUT2D eigenvalue weighted by Crippen LogP contribution is 2.31. The molecule has 2 aromatic rings. The lowest BCUT2D eigenvalue weighted by Gasteiger charge is -2.28. The summed E-state index contributed by atoms with van der Waals surface area (Å²) in [7, 11) is 3.09. The predicted octanol–water partition coefficient (Wildman–Crippen LogP) is 3.60. The Morgan fingerprint density at radius 2 is 2.08 bits per heavy atom. The summed E-state index contributed by atoms with van der Waals surface area (Å²) < 4.78 is 5.00. The van der Waals surface area contributed by atoms with Gasteiger partial charge in [-0.1, -0.05) is 12.1 Å². The molecule has 0 saturated carbocycles. The van der Waals surface area contributed by atoms with Crippen molar-refractivity contribution in [2.75, 3.05) is 14.2 Å². The van der Waals surface area contributed by atoms with Crippen molar-refractivity contribution in [1.29, 1.82) is 0 Å². The van der Waals surface area contributed by atoms with Crippen LogP contribution in [-0.2, 0) is 16.8 Å². The van der Waals surface area contributed by atoms with Crippen LogP contribution in [-0.4, -0.2) is 29.9 Å². The molecule has 128 valence electrons. The molecule has 1 aromatic carbocycles. The standard InChI is InChI=1S/C17H20N2O4S/c1-17(2,15-6-5-9-24-15)16(20)18(3)11-12-7-8-14(23-4)13(10-12)19(21)22/h5-10H,11H2,1-4H3. The quantitative estimate of drug-likeness (QED) is 0.590. The fourth-order valence-corrected chi connectivity index (χ4v) is 3.38. The normalized spacial score (nSPS) is 11.2. The van der Waals surface area contributed by atoms with Gasteiger partial charge in [0.25, 0.3) is 0 Å². The lowest BCUT2D eigenvalue weighted by atomic mass is 9.89. The molecule has 0 spiro atoms. The molecule has 0 atom stereocenters. The van der Waals surface area contributed by atoms with E-state index >= 15 is 0 Å². The summed E-state index contributed by atoms with van der Waals surface area (Å²) in [5.41, 5.74) is -0.0601. The monoisotopic (exact) mass is 348 g/mol. The third-order valence-electron chi connectivity index (χ3n) is 3.88. The molecular formula is C17H20N2O4S. The van der Waals surface area contributed by atoms with Crippen LogP contribution in [0.4, 0.5) is 5.69 Å². The third-order valence-corrected chi connectivity index (χ3v) is 5.07. The van der Waals surface area contributed by atoms with E-state index in [1.807, 2.05) is 31.4 Å². The molecule has 0 saturated heterocycles. The Morgan fingerprint density at radius 1 is 1.38 bits per heavy atom. The van der Waals surface area contributed by atoms with Crippen LogP contribution >= 0.6 is 11.3 Å². The van der Waals surface area contributed by atoms with Crippen LogP contribution in [0.15, 0.2) is 35.7 Å². The van der Waals surface area contributed by atoms with Gasteiger partial charge in [0.05, 0.1) is 17.4 Å². The molecule has 0 N–H and O–H groups in total. The summed E-state index contributed by atoms with van der Waals surface area (Å²) in [5.74, 6) is 0.167. The second-order valence-electron chi connectivity index (χ2n) is 6.03.